The molecule has 0 saturated heterocycles. The molecule has 2 N–H and O–H groups in total. The van der Waals surface area contributed by atoms with Crippen molar-refractivity contribution in [2.45, 2.75) is 19.4 Å². The summed E-state index contributed by atoms with van der Waals surface area (Å²) in [7, 11) is 0. The van der Waals surface area contributed by atoms with Gasteiger partial charge >= 0.3 is 12.1 Å². The zero-order valence-electron chi connectivity index (χ0n) is 20.0. The molecule has 4 rings (SSSR count). The molecule has 2 amide bonds. The normalized spacial score (nSPS) is 12.4. The minimum absolute atomic E-state index is 0.0374. The number of carbonyl (C=O) groups excluding carboxylic acids is 2. The maximum absolute atomic E-state index is 12.8. The average Bonchev–Trinajstić information content (AvgIpc) is 3.20. The van der Waals surface area contributed by atoms with Crippen LogP contribution in [0.3, 0.4) is 0 Å². The Labute approximate surface area is 210 Å². The first-order chi connectivity index (χ1) is 17.4. The third-order valence-electron chi connectivity index (χ3n) is 6.17. The van der Waals surface area contributed by atoms with Crippen molar-refractivity contribution in [3.05, 3.63) is 107 Å². The molecule has 0 spiro atoms. The zero-order chi connectivity index (χ0) is 25.5. The molecule has 0 aromatic heterocycles. The van der Waals surface area contributed by atoms with Crippen LogP contribution in [0.25, 0.3) is 11.1 Å². The van der Waals surface area contributed by atoms with E-state index in [9.17, 15) is 19.5 Å². The first kappa shape index (κ1) is 24.7. The second-order valence-corrected chi connectivity index (χ2v) is 8.63. The van der Waals surface area contributed by atoms with Gasteiger partial charge in [0.05, 0.1) is 0 Å². The third-order valence-corrected chi connectivity index (χ3v) is 6.17. The minimum atomic E-state index is -1.09. The fourth-order valence-corrected chi connectivity index (χ4v) is 4.44. The van der Waals surface area contributed by atoms with E-state index in [0.717, 1.165) is 27.8 Å². The highest BCUT2D eigenvalue weighted by molar-refractivity contribution is 5.94. The minimum Gasteiger partial charge on any atom is -0.480 e. The molecule has 0 fully saturated rings. The van der Waals surface area contributed by atoms with Gasteiger partial charge in [0, 0.05) is 24.6 Å². The number of carbonyl (C=O) groups is 3. The Bertz CT molecular complexity index is 1240. The Kier molecular flexibility index (Phi) is 7.80. The summed E-state index contributed by atoms with van der Waals surface area (Å²) in [5, 5.41) is 11.9. The van der Waals surface area contributed by atoms with Crippen LogP contribution in [-0.4, -0.2) is 47.7 Å². The molecule has 0 aliphatic heterocycles. The summed E-state index contributed by atoms with van der Waals surface area (Å²) in [4.78, 5) is 37.7. The van der Waals surface area contributed by atoms with Gasteiger partial charge < -0.3 is 20.1 Å². The van der Waals surface area contributed by atoms with Crippen molar-refractivity contribution in [1.82, 2.24) is 10.2 Å². The highest BCUT2D eigenvalue weighted by Crippen LogP contribution is 2.44. The number of fused-ring (bicyclic) bond motifs is 3. The molecule has 0 heterocycles. The fourth-order valence-electron chi connectivity index (χ4n) is 4.44. The predicted molar refractivity (Wildman–Crippen MR) is 136 cm³/mol. The number of nitrogens with zero attached hydrogens (tertiary/aromatic N) is 1. The van der Waals surface area contributed by atoms with Crippen molar-refractivity contribution >= 4 is 18.0 Å². The van der Waals surface area contributed by atoms with E-state index in [1.54, 1.807) is 13.0 Å². The SMILES string of the molecule is C/C(=C\CNC(=O)OCC1c2ccccc2-c2ccccc21)C(=O)N(CC(=O)O)Cc1ccccc1. The highest BCUT2D eigenvalue weighted by Gasteiger charge is 2.29. The van der Waals surface area contributed by atoms with Crippen LogP contribution < -0.4 is 5.32 Å². The summed E-state index contributed by atoms with van der Waals surface area (Å²) in [6.45, 7) is 1.64. The molecule has 7 nitrogen and oxygen atoms in total. The van der Waals surface area contributed by atoms with Gasteiger partial charge in [-0.25, -0.2) is 4.79 Å². The van der Waals surface area contributed by atoms with Crippen molar-refractivity contribution in [1.29, 1.82) is 0 Å². The summed E-state index contributed by atoms with van der Waals surface area (Å²) >= 11 is 0. The van der Waals surface area contributed by atoms with E-state index in [1.807, 2.05) is 54.6 Å². The lowest BCUT2D eigenvalue weighted by atomic mass is 9.98. The number of amides is 2. The molecule has 36 heavy (non-hydrogen) atoms. The molecule has 1 aliphatic rings. The Morgan fingerprint density at radius 1 is 0.917 bits per heavy atom. The van der Waals surface area contributed by atoms with Gasteiger partial charge in [0.1, 0.15) is 13.2 Å². The Morgan fingerprint density at radius 2 is 1.50 bits per heavy atom. The van der Waals surface area contributed by atoms with Gasteiger partial charge in [-0.3, -0.25) is 9.59 Å². The number of hydrogen-bond donors (Lipinski definition) is 2. The average molecular weight is 485 g/mol. The number of hydrogen-bond acceptors (Lipinski definition) is 4. The summed E-state index contributed by atoms with van der Waals surface area (Å²) in [6, 6.07) is 25.4. The topological polar surface area (TPSA) is 95.9 Å². The molecular formula is C29H28N2O5. The number of carboxylic acid groups (broad SMARTS) is 1. The fraction of sp³-hybridized carbons (Fsp3) is 0.207. The second-order valence-electron chi connectivity index (χ2n) is 8.63. The van der Waals surface area contributed by atoms with Gasteiger partial charge in [0.2, 0.25) is 5.91 Å². The van der Waals surface area contributed by atoms with Crippen LogP contribution in [0, 0.1) is 0 Å². The Morgan fingerprint density at radius 3 is 2.11 bits per heavy atom. The van der Waals surface area contributed by atoms with Crippen LogP contribution in [0.4, 0.5) is 4.79 Å². The van der Waals surface area contributed by atoms with Crippen LogP contribution in [0.2, 0.25) is 0 Å². The number of alkyl carbamates (subject to hydrolysis) is 1. The van der Waals surface area contributed by atoms with Crippen LogP contribution in [-0.2, 0) is 20.9 Å². The number of aliphatic carboxylic acids is 1. The van der Waals surface area contributed by atoms with E-state index < -0.39 is 24.5 Å². The quantitative estimate of drug-likeness (QED) is 0.433. The molecule has 184 valence electrons. The first-order valence-corrected chi connectivity index (χ1v) is 11.7. The standard InChI is InChI=1S/C29H28N2O5/c1-20(28(34)31(18-27(32)33)17-21-9-3-2-4-10-21)15-16-30-29(35)36-19-26-24-13-7-5-11-22(24)23-12-6-8-14-25(23)26/h2-15,26H,16-19H2,1H3,(H,30,35)(H,32,33)/b20-15+. The molecule has 1 aliphatic carbocycles. The van der Waals surface area contributed by atoms with E-state index in [1.165, 1.54) is 4.90 Å². The van der Waals surface area contributed by atoms with Crippen LogP contribution in [0.15, 0.2) is 90.5 Å². The molecular weight excluding hydrogens is 456 g/mol. The van der Waals surface area contributed by atoms with Gasteiger partial charge in [-0.15, -0.1) is 0 Å². The molecule has 0 bridgehead atoms. The smallest absolute Gasteiger partial charge is 0.407 e. The van der Waals surface area contributed by atoms with Gasteiger partial charge in [-0.1, -0.05) is 84.9 Å². The van der Waals surface area contributed by atoms with E-state index in [4.69, 9.17) is 4.74 Å². The van der Waals surface area contributed by atoms with Crippen LogP contribution >= 0.6 is 0 Å². The summed E-state index contributed by atoms with van der Waals surface area (Å²) < 4.78 is 5.51. The van der Waals surface area contributed by atoms with Crippen molar-refractivity contribution in [3.63, 3.8) is 0 Å². The molecule has 3 aromatic rings. The number of ether oxygens (including phenoxy) is 1. The summed E-state index contributed by atoms with van der Waals surface area (Å²) in [5.41, 5.74) is 5.73. The van der Waals surface area contributed by atoms with Crippen molar-refractivity contribution in [3.8, 4) is 11.1 Å². The van der Waals surface area contributed by atoms with Crippen molar-refractivity contribution < 1.29 is 24.2 Å². The maximum Gasteiger partial charge on any atom is 0.407 e. The monoisotopic (exact) mass is 484 g/mol. The lowest BCUT2D eigenvalue weighted by Crippen LogP contribution is -2.36. The molecule has 0 unspecified atom stereocenters. The van der Waals surface area contributed by atoms with Gasteiger partial charge in [0.25, 0.3) is 0 Å². The molecule has 0 radical (unpaired) electrons. The number of carboxylic acids is 1. The third kappa shape index (κ3) is 5.81. The molecule has 0 saturated carbocycles. The molecule has 7 heteroatoms. The van der Waals surface area contributed by atoms with E-state index in [0.29, 0.717) is 5.57 Å². The lowest BCUT2D eigenvalue weighted by molar-refractivity contribution is -0.143. The summed E-state index contributed by atoms with van der Waals surface area (Å²) in [5.74, 6) is -1.54. The van der Waals surface area contributed by atoms with Crippen molar-refractivity contribution in [2.24, 2.45) is 0 Å². The molecule has 0 atom stereocenters. The predicted octanol–water partition coefficient (Wildman–Crippen LogP) is 4.58. The molecule has 3 aromatic carbocycles. The Hall–Kier alpha value is -4.39. The highest BCUT2D eigenvalue weighted by atomic mass is 16.5. The maximum atomic E-state index is 12.8. The summed E-state index contributed by atoms with van der Waals surface area (Å²) in [6.07, 6.45) is 0.976. The van der Waals surface area contributed by atoms with E-state index in [2.05, 4.69) is 29.6 Å². The Balaban J connectivity index is 1.32. The largest absolute Gasteiger partial charge is 0.480 e. The lowest BCUT2D eigenvalue weighted by Gasteiger charge is -2.21. The number of benzene rings is 3. The zero-order valence-corrected chi connectivity index (χ0v) is 20.0. The van der Waals surface area contributed by atoms with Gasteiger partial charge in [-0.2, -0.15) is 0 Å². The second kappa shape index (κ2) is 11.4. The van der Waals surface area contributed by atoms with E-state index in [-0.39, 0.29) is 25.6 Å². The van der Waals surface area contributed by atoms with Gasteiger partial charge in [0.15, 0.2) is 0 Å². The van der Waals surface area contributed by atoms with E-state index >= 15 is 0 Å². The van der Waals surface area contributed by atoms with Crippen LogP contribution in [0.5, 0.6) is 0 Å². The number of nitrogens with one attached hydrogen (secondary N) is 1. The van der Waals surface area contributed by atoms with Crippen molar-refractivity contribution in [2.75, 3.05) is 19.7 Å². The number of rotatable bonds is 9. The van der Waals surface area contributed by atoms with Gasteiger partial charge in [-0.05, 0) is 34.7 Å². The first-order valence-electron chi connectivity index (χ1n) is 11.7. The van der Waals surface area contributed by atoms with Crippen LogP contribution in [0.1, 0.15) is 29.5 Å².